The van der Waals surface area contributed by atoms with Crippen molar-refractivity contribution in [3.05, 3.63) is 35.1 Å². The lowest BCUT2D eigenvalue weighted by Crippen LogP contribution is -2.17. The summed E-state index contributed by atoms with van der Waals surface area (Å²) in [5, 5.41) is 0. The van der Waals surface area contributed by atoms with E-state index in [2.05, 4.69) is 0 Å². The van der Waals surface area contributed by atoms with Gasteiger partial charge in [0.15, 0.2) is 0 Å². The molecule has 0 saturated carbocycles. The molecule has 0 spiro atoms. The van der Waals surface area contributed by atoms with Crippen LogP contribution in [0.4, 0.5) is 17.6 Å². The number of rotatable bonds is 1. The Labute approximate surface area is 90.7 Å². The zero-order valence-corrected chi connectivity index (χ0v) is 8.62. The van der Waals surface area contributed by atoms with Crippen molar-refractivity contribution in [2.24, 2.45) is 5.73 Å². The summed E-state index contributed by atoms with van der Waals surface area (Å²) in [4.78, 5) is 0. The third-order valence-corrected chi connectivity index (χ3v) is 1.82. The molecule has 0 heterocycles. The SMILES string of the molecule is C[C@@H](N)c1cccc(F)c1C(F)(F)F.Cl. The molecule has 0 aromatic heterocycles. The molecule has 0 aliphatic carbocycles. The first kappa shape index (κ1) is 14.2. The molecule has 0 aliphatic rings. The summed E-state index contributed by atoms with van der Waals surface area (Å²) in [5.74, 6) is -1.28. The third-order valence-electron chi connectivity index (χ3n) is 1.82. The molecular weight excluding hydrogens is 234 g/mol. The second kappa shape index (κ2) is 4.81. The molecule has 15 heavy (non-hydrogen) atoms. The van der Waals surface area contributed by atoms with Crippen LogP contribution in [0.25, 0.3) is 0 Å². The van der Waals surface area contributed by atoms with Crippen LogP contribution in [0.5, 0.6) is 0 Å². The number of benzene rings is 1. The van der Waals surface area contributed by atoms with Crippen molar-refractivity contribution in [1.82, 2.24) is 0 Å². The molecule has 1 nitrogen and oxygen atoms in total. The minimum atomic E-state index is -4.70. The Morgan fingerprint density at radius 1 is 1.27 bits per heavy atom. The Kier molecular flexibility index (Phi) is 4.55. The molecule has 0 radical (unpaired) electrons. The molecule has 0 unspecified atom stereocenters. The maximum Gasteiger partial charge on any atom is 0.419 e. The molecule has 0 saturated heterocycles. The Morgan fingerprint density at radius 3 is 2.13 bits per heavy atom. The van der Waals surface area contributed by atoms with Gasteiger partial charge >= 0.3 is 6.18 Å². The number of halogens is 5. The average Bonchev–Trinajstić information content (AvgIpc) is 2.01. The maximum atomic E-state index is 12.9. The van der Waals surface area contributed by atoms with Crippen molar-refractivity contribution < 1.29 is 17.6 Å². The van der Waals surface area contributed by atoms with E-state index in [1.54, 1.807) is 0 Å². The lowest BCUT2D eigenvalue weighted by atomic mass is 10.0. The minimum Gasteiger partial charge on any atom is -0.324 e. The lowest BCUT2D eigenvalue weighted by molar-refractivity contribution is -0.140. The van der Waals surface area contributed by atoms with E-state index >= 15 is 0 Å². The molecule has 0 aliphatic heterocycles. The number of nitrogens with two attached hydrogens (primary N) is 1. The standard InChI is InChI=1S/C9H9F4N.ClH/c1-5(14)6-3-2-4-7(10)8(6)9(11,12)13;/h2-5H,14H2,1H3;1H/t5-;/m1./s1. The summed E-state index contributed by atoms with van der Waals surface area (Å²) >= 11 is 0. The molecule has 0 fully saturated rings. The Morgan fingerprint density at radius 2 is 1.80 bits per heavy atom. The van der Waals surface area contributed by atoms with Gasteiger partial charge in [-0.2, -0.15) is 13.2 Å². The highest BCUT2D eigenvalue weighted by atomic mass is 35.5. The smallest absolute Gasteiger partial charge is 0.324 e. The first-order valence-corrected chi connectivity index (χ1v) is 3.95. The Hall–Kier alpha value is -0.810. The first-order valence-electron chi connectivity index (χ1n) is 3.95. The predicted molar refractivity (Wildman–Crippen MR) is 51.3 cm³/mol. The highest BCUT2D eigenvalue weighted by Crippen LogP contribution is 2.35. The van der Waals surface area contributed by atoms with E-state index in [9.17, 15) is 17.6 Å². The summed E-state index contributed by atoms with van der Waals surface area (Å²) in [7, 11) is 0. The van der Waals surface area contributed by atoms with Gasteiger partial charge in [-0.15, -0.1) is 12.4 Å². The van der Waals surface area contributed by atoms with E-state index in [1.165, 1.54) is 19.1 Å². The van der Waals surface area contributed by atoms with E-state index in [1.807, 2.05) is 0 Å². The van der Waals surface area contributed by atoms with Crippen molar-refractivity contribution in [1.29, 1.82) is 0 Å². The highest BCUT2D eigenvalue weighted by Gasteiger charge is 2.37. The fourth-order valence-corrected chi connectivity index (χ4v) is 1.22. The molecule has 1 atom stereocenters. The van der Waals surface area contributed by atoms with Crippen LogP contribution in [0.15, 0.2) is 18.2 Å². The summed E-state index contributed by atoms with van der Waals surface area (Å²) in [5.41, 5.74) is 3.82. The number of hydrogen-bond donors (Lipinski definition) is 1. The topological polar surface area (TPSA) is 26.0 Å². The summed E-state index contributed by atoms with van der Waals surface area (Å²) < 4.78 is 50.1. The maximum absolute atomic E-state index is 12.9. The first-order chi connectivity index (χ1) is 6.34. The van der Waals surface area contributed by atoms with Gasteiger partial charge in [0.1, 0.15) is 5.82 Å². The number of hydrogen-bond acceptors (Lipinski definition) is 1. The van der Waals surface area contributed by atoms with Crippen LogP contribution in [0.3, 0.4) is 0 Å². The fourth-order valence-electron chi connectivity index (χ4n) is 1.22. The van der Waals surface area contributed by atoms with Gasteiger partial charge in [-0.1, -0.05) is 12.1 Å². The third kappa shape index (κ3) is 3.07. The van der Waals surface area contributed by atoms with Crippen molar-refractivity contribution in [2.45, 2.75) is 19.1 Å². The van der Waals surface area contributed by atoms with Crippen LogP contribution in [-0.2, 0) is 6.18 Å². The van der Waals surface area contributed by atoms with Crippen molar-refractivity contribution >= 4 is 12.4 Å². The molecule has 1 aromatic rings. The Balaban J connectivity index is 0.00000196. The van der Waals surface area contributed by atoms with Crippen LogP contribution in [0.1, 0.15) is 24.1 Å². The van der Waals surface area contributed by atoms with Crippen LogP contribution >= 0.6 is 12.4 Å². The predicted octanol–water partition coefficient (Wildman–Crippen LogP) is 3.29. The van der Waals surface area contributed by atoms with Crippen LogP contribution in [0, 0.1) is 5.82 Å². The van der Waals surface area contributed by atoms with E-state index in [0.29, 0.717) is 0 Å². The molecule has 0 bridgehead atoms. The van der Waals surface area contributed by atoms with Gasteiger partial charge in [0.05, 0.1) is 5.56 Å². The Bertz CT molecular complexity index is 335. The quantitative estimate of drug-likeness (QED) is 0.753. The van der Waals surface area contributed by atoms with Crippen LogP contribution in [-0.4, -0.2) is 0 Å². The largest absolute Gasteiger partial charge is 0.419 e. The average molecular weight is 244 g/mol. The molecular formula is C9H10ClF4N. The number of alkyl halides is 3. The molecule has 6 heteroatoms. The van der Waals surface area contributed by atoms with Crippen molar-refractivity contribution in [3.8, 4) is 0 Å². The van der Waals surface area contributed by atoms with Crippen molar-refractivity contribution in [3.63, 3.8) is 0 Å². The van der Waals surface area contributed by atoms with E-state index in [4.69, 9.17) is 5.73 Å². The summed E-state index contributed by atoms with van der Waals surface area (Å²) in [6.07, 6.45) is -4.70. The van der Waals surface area contributed by atoms with E-state index < -0.39 is 23.6 Å². The molecule has 0 amide bonds. The molecule has 86 valence electrons. The molecule has 2 N–H and O–H groups in total. The molecule has 1 aromatic carbocycles. The molecule has 1 rings (SSSR count). The monoisotopic (exact) mass is 243 g/mol. The second-order valence-corrected chi connectivity index (χ2v) is 2.99. The highest BCUT2D eigenvalue weighted by molar-refractivity contribution is 5.85. The normalized spacial score (nSPS) is 13.2. The van der Waals surface area contributed by atoms with Gasteiger partial charge in [-0.25, -0.2) is 4.39 Å². The van der Waals surface area contributed by atoms with Gasteiger partial charge < -0.3 is 5.73 Å². The summed E-state index contributed by atoms with van der Waals surface area (Å²) in [6, 6.07) is 2.32. The second-order valence-electron chi connectivity index (χ2n) is 2.99. The van der Waals surface area contributed by atoms with Crippen molar-refractivity contribution in [2.75, 3.05) is 0 Å². The van der Waals surface area contributed by atoms with Gasteiger partial charge in [-0.3, -0.25) is 0 Å². The fraction of sp³-hybridized carbons (Fsp3) is 0.333. The van der Waals surface area contributed by atoms with Gasteiger partial charge in [0.25, 0.3) is 0 Å². The van der Waals surface area contributed by atoms with Gasteiger partial charge in [0, 0.05) is 6.04 Å². The zero-order valence-electron chi connectivity index (χ0n) is 7.81. The van der Waals surface area contributed by atoms with E-state index in [0.717, 1.165) is 6.07 Å². The lowest BCUT2D eigenvalue weighted by Gasteiger charge is -2.15. The van der Waals surface area contributed by atoms with Crippen LogP contribution < -0.4 is 5.73 Å². The summed E-state index contributed by atoms with van der Waals surface area (Å²) in [6.45, 7) is 1.38. The van der Waals surface area contributed by atoms with Gasteiger partial charge in [0.2, 0.25) is 0 Å². The van der Waals surface area contributed by atoms with E-state index in [-0.39, 0.29) is 18.0 Å². The van der Waals surface area contributed by atoms with Gasteiger partial charge in [-0.05, 0) is 18.6 Å². The van der Waals surface area contributed by atoms with Crippen LogP contribution in [0.2, 0.25) is 0 Å². The minimum absolute atomic E-state index is 0. The zero-order chi connectivity index (χ0) is 10.9.